The molecule has 0 fully saturated rings. The number of anilines is 1. The standard InChI is InChI=1S/C38H27N3S/c39-36(26-10-2-1-3-11-26)32-14-4-7-15-33(32)40-24-25-18-20-27(21-19-25)41-34-16-8-5-12-28(34)30-22-23-31-29-13-6-9-17-35(29)42-38(31)37(30)41/h1-23,39-40H,24H2. The lowest BCUT2D eigenvalue weighted by Crippen LogP contribution is -2.08. The summed E-state index contributed by atoms with van der Waals surface area (Å²) in [6.07, 6.45) is 0. The van der Waals surface area contributed by atoms with Crippen molar-refractivity contribution in [2.45, 2.75) is 6.54 Å². The highest BCUT2D eigenvalue weighted by molar-refractivity contribution is 7.26. The van der Waals surface area contributed by atoms with Gasteiger partial charge in [-0.1, -0.05) is 109 Å². The van der Waals surface area contributed by atoms with Crippen molar-refractivity contribution in [3.63, 3.8) is 0 Å². The Bertz CT molecular complexity index is 2260. The first-order valence-corrected chi connectivity index (χ1v) is 15.0. The van der Waals surface area contributed by atoms with E-state index < -0.39 is 0 Å². The van der Waals surface area contributed by atoms with E-state index in [1.54, 1.807) is 0 Å². The van der Waals surface area contributed by atoms with Gasteiger partial charge in [-0.2, -0.15) is 0 Å². The number of hydrogen-bond acceptors (Lipinski definition) is 3. The van der Waals surface area contributed by atoms with Crippen molar-refractivity contribution in [2.24, 2.45) is 0 Å². The van der Waals surface area contributed by atoms with Gasteiger partial charge in [0.1, 0.15) is 0 Å². The SMILES string of the molecule is N=C(c1ccccc1)c1ccccc1NCc1ccc(-n2c3ccccc3c3ccc4c5ccccc5sc4c32)cc1. The fourth-order valence-corrected chi connectivity index (χ4v) is 7.32. The van der Waals surface area contributed by atoms with Crippen molar-refractivity contribution in [1.29, 1.82) is 5.41 Å². The van der Waals surface area contributed by atoms with Gasteiger partial charge in [-0.15, -0.1) is 11.3 Å². The molecule has 0 atom stereocenters. The highest BCUT2D eigenvalue weighted by Gasteiger charge is 2.17. The smallest absolute Gasteiger partial charge is 0.0719 e. The summed E-state index contributed by atoms with van der Waals surface area (Å²) in [4.78, 5) is 0. The van der Waals surface area contributed by atoms with Gasteiger partial charge in [0, 0.05) is 55.3 Å². The van der Waals surface area contributed by atoms with Crippen molar-refractivity contribution in [3.8, 4) is 5.69 Å². The first-order chi connectivity index (χ1) is 20.8. The quantitative estimate of drug-likeness (QED) is 0.196. The highest BCUT2D eigenvalue weighted by Crippen LogP contribution is 2.42. The molecule has 0 aliphatic carbocycles. The predicted molar refractivity (Wildman–Crippen MR) is 180 cm³/mol. The molecule has 0 aliphatic heterocycles. The Morgan fingerprint density at radius 2 is 1.31 bits per heavy atom. The molecule has 0 aliphatic rings. The summed E-state index contributed by atoms with van der Waals surface area (Å²) in [7, 11) is 0. The van der Waals surface area contributed by atoms with Crippen molar-refractivity contribution in [2.75, 3.05) is 5.32 Å². The van der Waals surface area contributed by atoms with E-state index in [-0.39, 0.29) is 0 Å². The molecule has 2 N–H and O–H groups in total. The van der Waals surface area contributed by atoms with Gasteiger partial charge in [0.25, 0.3) is 0 Å². The summed E-state index contributed by atoms with van der Waals surface area (Å²) in [6.45, 7) is 0.674. The van der Waals surface area contributed by atoms with Gasteiger partial charge in [0.15, 0.2) is 0 Å². The summed E-state index contributed by atoms with van der Waals surface area (Å²) in [6, 6.07) is 48.9. The van der Waals surface area contributed by atoms with Gasteiger partial charge >= 0.3 is 0 Å². The van der Waals surface area contributed by atoms with E-state index in [1.165, 1.54) is 47.5 Å². The Balaban J connectivity index is 1.17. The van der Waals surface area contributed by atoms with Crippen LogP contribution in [0.4, 0.5) is 5.69 Å². The van der Waals surface area contributed by atoms with E-state index >= 15 is 0 Å². The largest absolute Gasteiger partial charge is 0.380 e. The average Bonchev–Trinajstić information content (AvgIpc) is 3.60. The minimum Gasteiger partial charge on any atom is -0.380 e. The summed E-state index contributed by atoms with van der Waals surface area (Å²) >= 11 is 1.88. The van der Waals surface area contributed by atoms with Gasteiger partial charge in [-0.05, 0) is 35.9 Å². The lowest BCUT2D eigenvalue weighted by molar-refractivity contribution is 1.13. The van der Waals surface area contributed by atoms with E-state index in [0.29, 0.717) is 12.3 Å². The third-order valence-electron chi connectivity index (χ3n) is 8.12. The third-order valence-corrected chi connectivity index (χ3v) is 9.31. The monoisotopic (exact) mass is 557 g/mol. The van der Waals surface area contributed by atoms with Crippen LogP contribution < -0.4 is 5.32 Å². The Morgan fingerprint density at radius 3 is 2.17 bits per heavy atom. The fraction of sp³-hybridized carbons (Fsp3) is 0.0263. The number of thiophene rings is 1. The predicted octanol–water partition coefficient (Wildman–Crippen LogP) is 10.2. The molecular formula is C38H27N3S. The van der Waals surface area contributed by atoms with E-state index in [9.17, 15) is 0 Å². The molecule has 0 unspecified atom stereocenters. The maximum Gasteiger partial charge on any atom is 0.0719 e. The molecular weight excluding hydrogens is 531 g/mol. The number of benzene rings is 6. The number of hydrogen-bond donors (Lipinski definition) is 2. The van der Waals surface area contributed by atoms with Crippen molar-refractivity contribution >= 4 is 64.7 Å². The zero-order valence-corrected chi connectivity index (χ0v) is 23.7. The molecule has 2 heterocycles. The molecule has 0 saturated heterocycles. The second-order valence-electron chi connectivity index (χ2n) is 10.6. The van der Waals surface area contributed by atoms with Gasteiger partial charge in [0.05, 0.1) is 21.4 Å². The number of nitrogens with one attached hydrogen (secondary N) is 2. The lowest BCUT2D eigenvalue weighted by atomic mass is 10.0. The van der Waals surface area contributed by atoms with E-state index in [0.717, 1.165) is 22.5 Å². The number of fused-ring (bicyclic) bond motifs is 7. The first-order valence-electron chi connectivity index (χ1n) is 14.2. The molecule has 0 saturated carbocycles. The second-order valence-corrected chi connectivity index (χ2v) is 11.6. The van der Waals surface area contributed by atoms with Crippen LogP contribution in [0, 0.1) is 5.41 Å². The normalized spacial score (nSPS) is 11.5. The van der Waals surface area contributed by atoms with Crippen molar-refractivity contribution in [1.82, 2.24) is 4.57 Å². The van der Waals surface area contributed by atoms with Gasteiger partial charge in [-0.3, -0.25) is 5.41 Å². The van der Waals surface area contributed by atoms with Crippen LogP contribution in [0.25, 0.3) is 47.7 Å². The van der Waals surface area contributed by atoms with Crippen LogP contribution in [-0.4, -0.2) is 10.3 Å². The number of aromatic nitrogens is 1. The second kappa shape index (κ2) is 10.0. The number of rotatable bonds is 6. The molecule has 8 rings (SSSR count). The summed E-state index contributed by atoms with van der Waals surface area (Å²) < 4.78 is 5.07. The highest BCUT2D eigenvalue weighted by atomic mass is 32.1. The minimum atomic E-state index is 0.521. The van der Waals surface area contributed by atoms with Crippen LogP contribution in [0.2, 0.25) is 0 Å². The van der Waals surface area contributed by atoms with E-state index in [1.807, 2.05) is 59.9 Å². The van der Waals surface area contributed by atoms with E-state index in [4.69, 9.17) is 5.41 Å². The molecule has 200 valence electrons. The minimum absolute atomic E-state index is 0.521. The average molecular weight is 558 g/mol. The van der Waals surface area contributed by atoms with Crippen LogP contribution in [0.15, 0.2) is 140 Å². The topological polar surface area (TPSA) is 40.8 Å². The molecule has 4 heteroatoms. The summed E-state index contributed by atoms with van der Waals surface area (Å²) in [5.74, 6) is 0. The fourth-order valence-electron chi connectivity index (χ4n) is 6.07. The molecule has 3 nitrogen and oxygen atoms in total. The van der Waals surface area contributed by atoms with Gasteiger partial charge in [-0.25, -0.2) is 0 Å². The first kappa shape index (κ1) is 24.6. The summed E-state index contributed by atoms with van der Waals surface area (Å²) in [5, 5.41) is 17.6. The molecule has 2 aromatic heterocycles. The molecule has 8 aromatic rings. The van der Waals surface area contributed by atoms with Crippen LogP contribution in [0.3, 0.4) is 0 Å². The molecule has 0 radical (unpaired) electrons. The van der Waals surface area contributed by atoms with Crippen LogP contribution in [0.1, 0.15) is 16.7 Å². The number of nitrogens with zero attached hydrogens (tertiary/aromatic N) is 1. The Labute approximate surface area is 247 Å². The van der Waals surface area contributed by atoms with Crippen LogP contribution >= 0.6 is 11.3 Å². The Hall–Kier alpha value is -5.19. The third kappa shape index (κ3) is 3.99. The molecule has 0 amide bonds. The molecule has 0 spiro atoms. The summed E-state index contributed by atoms with van der Waals surface area (Å²) in [5.41, 5.74) is 8.13. The van der Waals surface area contributed by atoms with Crippen LogP contribution in [0.5, 0.6) is 0 Å². The van der Waals surface area contributed by atoms with E-state index in [2.05, 4.69) is 101 Å². The Morgan fingerprint density at radius 1 is 0.619 bits per heavy atom. The van der Waals surface area contributed by atoms with Crippen LogP contribution in [-0.2, 0) is 6.54 Å². The van der Waals surface area contributed by atoms with Gasteiger partial charge in [0.2, 0.25) is 0 Å². The Kier molecular flexibility index (Phi) is 5.87. The molecule has 42 heavy (non-hydrogen) atoms. The lowest BCUT2D eigenvalue weighted by Gasteiger charge is -2.14. The van der Waals surface area contributed by atoms with Crippen molar-refractivity contribution in [3.05, 3.63) is 156 Å². The molecule has 0 bridgehead atoms. The number of para-hydroxylation sites is 2. The maximum atomic E-state index is 8.79. The zero-order chi connectivity index (χ0) is 28.0. The zero-order valence-electron chi connectivity index (χ0n) is 22.8. The maximum absolute atomic E-state index is 8.79. The molecule has 6 aromatic carbocycles. The van der Waals surface area contributed by atoms with Crippen molar-refractivity contribution < 1.29 is 0 Å². The van der Waals surface area contributed by atoms with Gasteiger partial charge < -0.3 is 9.88 Å².